The molecule has 1 saturated heterocycles. The fourth-order valence-corrected chi connectivity index (χ4v) is 3.28. The summed E-state index contributed by atoms with van der Waals surface area (Å²) in [5.41, 5.74) is 7.51. The van der Waals surface area contributed by atoms with Crippen LogP contribution in [0.25, 0.3) is 0 Å². The first kappa shape index (κ1) is 14.1. The molecule has 0 aromatic heterocycles. The smallest absolute Gasteiger partial charge is 0.170 e. The lowest BCUT2D eigenvalue weighted by Gasteiger charge is -2.24. The van der Waals surface area contributed by atoms with E-state index < -0.39 is 0 Å². The maximum atomic E-state index is 8.65. The highest BCUT2D eigenvalue weighted by Crippen LogP contribution is 2.32. The molecule has 0 saturated carbocycles. The number of thioether (sulfide) groups is 1. The first-order valence-electron chi connectivity index (χ1n) is 6.49. The molecule has 0 aliphatic carbocycles. The van der Waals surface area contributed by atoms with Gasteiger partial charge in [0.25, 0.3) is 0 Å². The third-order valence-corrected chi connectivity index (χ3v) is 4.85. The van der Waals surface area contributed by atoms with Crippen LogP contribution in [0.15, 0.2) is 29.4 Å². The largest absolute Gasteiger partial charge is 0.409 e. The lowest BCUT2D eigenvalue weighted by molar-refractivity contribution is 0.318. The molecule has 104 valence electrons. The fourth-order valence-electron chi connectivity index (χ4n) is 2.18. The van der Waals surface area contributed by atoms with Crippen LogP contribution in [0.2, 0.25) is 0 Å². The molecule has 1 heterocycles. The van der Waals surface area contributed by atoms with Gasteiger partial charge in [-0.3, -0.25) is 0 Å². The Balaban J connectivity index is 2.10. The zero-order valence-corrected chi connectivity index (χ0v) is 12.3. The van der Waals surface area contributed by atoms with Gasteiger partial charge in [-0.15, -0.1) is 0 Å². The van der Waals surface area contributed by atoms with E-state index in [1.807, 2.05) is 36.0 Å². The topological polar surface area (TPSA) is 61.8 Å². The predicted molar refractivity (Wildman–Crippen MR) is 82.3 cm³/mol. The highest BCUT2D eigenvalue weighted by atomic mass is 32.2. The maximum absolute atomic E-state index is 8.65. The van der Waals surface area contributed by atoms with Crippen LogP contribution in [0.5, 0.6) is 0 Å². The zero-order chi connectivity index (χ0) is 13.9. The highest BCUT2D eigenvalue weighted by Gasteiger charge is 2.23. The van der Waals surface area contributed by atoms with Gasteiger partial charge < -0.3 is 15.8 Å². The van der Waals surface area contributed by atoms with Crippen molar-refractivity contribution in [1.82, 2.24) is 0 Å². The molecule has 2 rings (SSSR count). The summed E-state index contributed by atoms with van der Waals surface area (Å²) < 4.78 is 0.364. The van der Waals surface area contributed by atoms with Crippen molar-refractivity contribution < 1.29 is 5.21 Å². The van der Waals surface area contributed by atoms with E-state index in [2.05, 4.69) is 23.9 Å². The molecule has 19 heavy (non-hydrogen) atoms. The van der Waals surface area contributed by atoms with Gasteiger partial charge in [0.15, 0.2) is 5.84 Å². The minimum Gasteiger partial charge on any atom is -0.409 e. The molecule has 0 radical (unpaired) electrons. The van der Waals surface area contributed by atoms with Gasteiger partial charge in [0.2, 0.25) is 0 Å². The Morgan fingerprint density at radius 3 is 2.63 bits per heavy atom. The lowest BCUT2D eigenvalue weighted by atomic mass is 10.1. The Hall–Kier alpha value is -1.36. The molecule has 0 bridgehead atoms. The molecule has 1 aromatic rings. The monoisotopic (exact) mass is 279 g/mol. The van der Waals surface area contributed by atoms with Gasteiger partial charge in [-0.1, -0.05) is 19.0 Å². The van der Waals surface area contributed by atoms with Crippen LogP contribution in [0, 0.1) is 0 Å². The molecule has 1 aliphatic heterocycles. The second kappa shape index (κ2) is 5.74. The van der Waals surface area contributed by atoms with Crippen molar-refractivity contribution >= 4 is 23.3 Å². The van der Waals surface area contributed by atoms with Crippen LogP contribution in [0.3, 0.4) is 0 Å². The Morgan fingerprint density at radius 1 is 1.32 bits per heavy atom. The summed E-state index contributed by atoms with van der Waals surface area (Å²) >= 11 is 2.04. The summed E-state index contributed by atoms with van der Waals surface area (Å²) in [5, 5.41) is 11.7. The number of nitrogens with two attached hydrogens (primary N) is 1. The Bertz CT molecular complexity index is 456. The van der Waals surface area contributed by atoms with Crippen molar-refractivity contribution in [3.8, 4) is 0 Å². The Morgan fingerprint density at radius 2 is 2.00 bits per heavy atom. The Kier molecular flexibility index (Phi) is 4.24. The number of hydrogen-bond donors (Lipinski definition) is 2. The quantitative estimate of drug-likeness (QED) is 0.378. The molecule has 3 N–H and O–H groups in total. The van der Waals surface area contributed by atoms with Crippen LogP contribution in [-0.4, -0.2) is 34.6 Å². The highest BCUT2D eigenvalue weighted by molar-refractivity contribution is 8.00. The summed E-state index contributed by atoms with van der Waals surface area (Å²) in [6.07, 6.45) is 1.18. The Labute approximate surface area is 118 Å². The van der Waals surface area contributed by atoms with Crippen LogP contribution >= 0.6 is 11.8 Å². The van der Waals surface area contributed by atoms with Crippen molar-refractivity contribution in [2.75, 3.05) is 23.7 Å². The number of hydrogen-bond acceptors (Lipinski definition) is 4. The van der Waals surface area contributed by atoms with E-state index in [0.29, 0.717) is 4.75 Å². The molecular formula is C14H21N3OS. The van der Waals surface area contributed by atoms with E-state index in [4.69, 9.17) is 10.9 Å². The molecular weight excluding hydrogens is 258 g/mol. The van der Waals surface area contributed by atoms with Gasteiger partial charge in [-0.05, 0) is 30.7 Å². The van der Waals surface area contributed by atoms with Crippen molar-refractivity contribution in [3.63, 3.8) is 0 Å². The molecule has 1 aliphatic rings. The van der Waals surface area contributed by atoms with E-state index in [0.717, 1.165) is 24.4 Å². The second-order valence-corrected chi connectivity index (χ2v) is 7.18. The third-order valence-electron chi connectivity index (χ3n) is 3.47. The SMILES string of the molecule is CC1(C)CCN(c2ccc(/C(N)=N/O)cc2)CCS1. The number of benzene rings is 1. The molecule has 0 unspecified atom stereocenters. The van der Waals surface area contributed by atoms with Gasteiger partial charge in [0.05, 0.1) is 0 Å². The van der Waals surface area contributed by atoms with Gasteiger partial charge in [0.1, 0.15) is 0 Å². The van der Waals surface area contributed by atoms with Crippen molar-refractivity contribution in [1.29, 1.82) is 0 Å². The number of rotatable bonds is 2. The number of anilines is 1. The number of nitrogens with zero attached hydrogens (tertiary/aromatic N) is 2. The van der Waals surface area contributed by atoms with Gasteiger partial charge >= 0.3 is 0 Å². The first-order valence-corrected chi connectivity index (χ1v) is 7.47. The van der Waals surface area contributed by atoms with E-state index in [-0.39, 0.29) is 5.84 Å². The molecule has 0 spiro atoms. The average molecular weight is 279 g/mol. The average Bonchev–Trinajstić information content (AvgIpc) is 2.59. The maximum Gasteiger partial charge on any atom is 0.170 e. The molecule has 5 heteroatoms. The standard InChI is InChI=1S/C14H21N3OS/c1-14(2)7-8-17(9-10-19-14)12-5-3-11(4-6-12)13(15)16-18/h3-6,18H,7-10H2,1-2H3,(H2,15,16). The minimum atomic E-state index is 0.152. The molecule has 1 aromatic carbocycles. The molecule has 1 fully saturated rings. The number of amidine groups is 1. The van der Waals surface area contributed by atoms with Crippen molar-refractivity contribution in [2.24, 2.45) is 10.9 Å². The third kappa shape index (κ3) is 3.56. The van der Waals surface area contributed by atoms with Crippen LogP contribution in [-0.2, 0) is 0 Å². The summed E-state index contributed by atoms with van der Waals surface area (Å²) in [4.78, 5) is 2.40. The summed E-state index contributed by atoms with van der Waals surface area (Å²) in [7, 11) is 0. The van der Waals surface area contributed by atoms with E-state index in [9.17, 15) is 0 Å². The summed E-state index contributed by atoms with van der Waals surface area (Å²) in [6.45, 7) is 6.76. The van der Waals surface area contributed by atoms with Crippen LogP contribution in [0.1, 0.15) is 25.8 Å². The van der Waals surface area contributed by atoms with Crippen LogP contribution < -0.4 is 10.6 Å². The lowest BCUT2D eigenvalue weighted by Crippen LogP contribution is -2.27. The first-order chi connectivity index (χ1) is 9.02. The number of oxime groups is 1. The van der Waals surface area contributed by atoms with Crippen molar-refractivity contribution in [3.05, 3.63) is 29.8 Å². The zero-order valence-electron chi connectivity index (χ0n) is 11.5. The fraction of sp³-hybridized carbons (Fsp3) is 0.500. The molecule has 4 nitrogen and oxygen atoms in total. The second-order valence-electron chi connectivity index (χ2n) is 5.38. The van der Waals surface area contributed by atoms with E-state index >= 15 is 0 Å². The minimum absolute atomic E-state index is 0.152. The molecule has 0 amide bonds. The van der Waals surface area contributed by atoms with Gasteiger partial charge in [-0.2, -0.15) is 11.8 Å². The predicted octanol–water partition coefficient (Wildman–Crippen LogP) is 2.50. The molecule has 0 atom stereocenters. The van der Waals surface area contributed by atoms with Crippen LogP contribution in [0.4, 0.5) is 5.69 Å². The van der Waals surface area contributed by atoms with E-state index in [1.165, 1.54) is 12.1 Å². The van der Waals surface area contributed by atoms with Gasteiger partial charge in [0, 0.05) is 34.8 Å². The summed E-state index contributed by atoms with van der Waals surface area (Å²) in [6, 6.07) is 7.87. The summed E-state index contributed by atoms with van der Waals surface area (Å²) in [5.74, 6) is 1.30. The van der Waals surface area contributed by atoms with Crippen molar-refractivity contribution in [2.45, 2.75) is 25.0 Å². The van der Waals surface area contributed by atoms with E-state index in [1.54, 1.807) is 0 Å². The van der Waals surface area contributed by atoms with Gasteiger partial charge in [-0.25, -0.2) is 0 Å². The normalized spacial score (nSPS) is 20.1.